The smallest absolute Gasteiger partial charge is 0.407 e. The third-order valence-corrected chi connectivity index (χ3v) is 2.58. The Morgan fingerprint density at radius 3 is 2.32 bits per heavy atom. The molecular weight excluding hydrogens is 290 g/mol. The number of carbonyl (C=O) groups excluding carboxylic acids is 2. The lowest BCUT2D eigenvalue weighted by molar-refractivity contribution is -0.144. The van der Waals surface area contributed by atoms with Crippen LogP contribution in [0.3, 0.4) is 0 Å². The van der Waals surface area contributed by atoms with Gasteiger partial charge in [0.15, 0.2) is 0 Å². The lowest BCUT2D eigenvalue weighted by atomic mass is 10.2. The van der Waals surface area contributed by atoms with Crippen LogP contribution in [-0.2, 0) is 19.1 Å². The highest BCUT2D eigenvalue weighted by atomic mass is 16.6. The van der Waals surface area contributed by atoms with Gasteiger partial charge in [-0.1, -0.05) is 13.3 Å². The van der Waals surface area contributed by atoms with Crippen molar-refractivity contribution in [1.82, 2.24) is 5.32 Å². The molecule has 0 heterocycles. The Kier molecular flexibility index (Phi) is 9.21. The molecule has 0 aromatic heterocycles. The molecule has 1 unspecified atom stereocenters. The molecular formula is C15H27NO6. The van der Waals surface area contributed by atoms with Crippen LogP contribution in [0.5, 0.6) is 0 Å². The largest absolute Gasteiger partial charge is 0.481 e. The second kappa shape index (κ2) is 10.0. The molecule has 0 bridgehead atoms. The first-order valence-corrected chi connectivity index (χ1v) is 7.51. The van der Waals surface area contributed by atoms with E-state index in [0.29, 0.717) is 6.42 Å². The van der Waals surface area contributed by atoms with Gasteiger partial charge < -0.3 is 19.9 Å². The third kappa shape index (κ3) is 12.0. The number of carboxylic acid groups (broad SMARTS) is 1. The Hall–Kier alpha value is -1.79. The van der Waals surface area contributed by atoms with E-state index in [1.807, 2.05) is 6.92 Å². The van der Waals surface area contributed by atoms with E-state index >= 15 is 0 Å². The Balaban J connectivity index is 4.15. The molecule has 0 aromatic carbocycles. The molecule has 7 heteroatoms. The fourth-order valence-electron chi connectivity index (χ4n) is 1.67. The molecule has 0 aliphatic rings. The number of esters is 1. The maximum atomic E-state index is 11.7. The first-order valence-electron chi connectivity index (χ1n) is 7.51. The summed E-state index contributed by atoms with van der Waals surface area (Å²) >= 11 is 0. The van der Waals surface area contributed by atoms with Gasteiger partial charge in [0.1, 0.15) is 12.2 Å². The van der Waals surface area contributed by atoms with Crippen molar-refractivity contribution >= 4 is 18.0 Å². The van der Waals surface area contributed by atoms with Gasteiger partial charge in [-0.25, -0.2) is 4.79 Å². The number of amides is 1. The van der Waals surface area contributed by atoms with E-state index in [2.05, 4.69) is 5.32 Å². The number of nitrogens with one attached hydrogen (secondary N) is 1. The molecule has 0 spiro atoms. The number of carboxylic acids is 1. The minimum absolute atomic E-state index is 0.0532. The quantitative estimate of drug-likeness (QED) is 0.633. The van der Waals surface area contributed by atoms with Crippen LogP contribution in [0, 0.1) is 0 Å². The van der Waals surface area contributed by atoms with Crippen molar-refractivity contribution in [3.63, 3.8) is 0 Å². The molecule has 128 valence electrons. The van der Waals surface area contributed by atoms with Crippen molar-refractivity contribution < 1.29 is 29.0 Å². The van der Waals surface area contributed by atoms with Crippen LogP contribution in [0.4, 0.5) is 4.79 Å². The van der Waals surface area contributed by atoms with Gasteiger partial charge >= 0.3 is 18.0 Å². The lowest BCUT2D eigenvalue weighted by Gasteiger charge is -2.23. The fourth-order valence-corrected chi connectivity index (χ4v) is 1.67. The van der Waals surface area contributed by atoms with E-state index < -0.39 is 23.6 Å². The van der Waals surface area contributed by atoms with E-state index in [1.165, 1.54) is 0 Å². The topological polar surface area (TPSA) is 102 Å². The number of carbonyl (C=O) groups is 3. The van der Waals surface area contributed by atoms with Crippen LogP contribution >= 0.6 is 0 Å². The Morgan fingerprint density at radius 2 is 1.82 bits per heavy atom. The first-order chi connectivity index (χ1) is 10.1. The molecule has 0 aromatic rings. The van der Waals surface area contributed by atoms with E-state index in [-0.39, 0.29) is 31.9 Å². The second-order valence-corrected chi connectivity index (χ2v) is 6.06. The van der Waals surface area contributed by atoms with Gasteiger partial charge in [-0.2, -0.15) is 0 Å². The number of aliphatic carboxylic acids is 1. The molecule has 1 atom stereocenters. The van der Waals surface area contributed by atoms with E-state index in [0.717, 1.165) is 6.42 Å². The van der Waals surface area contributed by atoms with Crippen LogP contribution in [0.25, 0.3) is 0 Å². The number of rotatable bonds is 9. The van der Waals surface area contributed by atoms with Crippen molar-refractivity contribution in [1.29, 1.82) is 0 Å². The van der Waals surface area contributed by atoms with Crippen LogP contribution < -0.4 is 5.32 Å². The summed E-state index contributed by atoms with van der Waals surface area (Å²) in [4.78, 5) is 33.5. The summed E-state index contributed by atoms with van der Waals surface area (Å²) in [5.74, 6) is -1.41. The summed E-state index contributed by atoms with van der Waals surface area (Å²) in [5, 5.41) is 11.2. The van der Waals surface area contributed by atoms with Crippen LogP contribution in [0.1, 0.15) is 59.8 Å². The van der Waals surface area contributed by atoms with E-state index in [1.54, 1.807) is 20.8 Å². The molecule has 0 radical (unpaired) electrons. The summed E-state index contributed by atoms with van der Waals surface area (Å²) in [5.41, 5.74) is -0.589. The van der Waals surface area contributed by atoms with Gasteiger partial charge in [-0.15, -0.1) is 0 Å². The monoisotopic (exact) mass is 317 g/mol. The summed E-state index contributed by atoms with van der Waals surface area (Å²) in [6, 6.07) is -0.316. The SMILES string of the molecule is CCCC(COC(=O)CCCC(=O)O)NC(=O)OC(C)(C)C. The lowest BCUT2D eigenvalue weighted by Crippen LogP contribution is -2.41. The van der Waals surface area contributed by atoms with Gasteiger partial charge in [0, 0.05) is 12.8 Å². The normalized spacial score (nSPS) is 12.4. The molecule has 0 fully saturated rings. The molecule has 0 aliphatic carbocycles. The van der Waals surface area contributed by atoms with E-state index in [4.69, 9.17) is 14.6 Å². The molecule has 1 amide bonds. The number of hydrogen-bond donors (Lipinski definition) is 2. The van der Waals surface area contributed by atoms with Gasteiger partial charge in [0.2, 0.25) is 0 Å². The first kappa shape index (κ1) is 20.2. The average Bonchev–Trinajstić information content (AvgIpc) is 2.33. The van der Waals surface area contributed by atoms with E-state index in [9.17, 15) is 14.4 Å². The highest BCUT2D eigenvalue weighted by Crippen LogP contribution is 2.08. The maximum absolute atomic E-state index is 11.7. The maximum Gasteiger partial charge on any atom is 0.407 e. The van der Waals surface area contributed by atoms with Gasteiger partial charge in [-0.05, 0) is 33.6 Å². The predicted octanol–water partition coefficient (Wildman–Crippen LogP) is 2.48. The Labute approximate surface area is 131 Å². The van der Waals surface area contributed by atoms with Crippen molar-refractivity contribution in [3.8, 4) is 0 Å². The zero-order valence-electron chi connectivity index (χ0n) is 13.8. The van der Waals surface area contributed by atoms with Crippen LogP contribution in [0.2, 0.25) is 0 Å². The molecule has 7 nitrogen and oxygen atoms in total. The summed E-state index contributed by atoms with van der Waals surface area (Å²) < 4.78 is 10.2. The van der Waals surface area contributed by atoms with Gasteiger partial charge in [0.25, 0.3) is 0 Å². The minimum atomic E-state index is -0.941. The molecule has 0 saturated carbocycles. The summed E-state index contributed by atoms with van der Waals surface area (Å²) in [6.45, 7) is 7.31. The third-order valence-electron chi connectivity index (χ3n) is 2.58. The zero-order valence-corrected chi connectivity index (χ0v) is 13.8. The van der Waals surface area contributed by atoms with Gasteiger partial charge in [0.05, 0.1) is 6.04 Å². The summed E-state index contributed by atoms with van der Waals surface area (Å²) in [6.07, 6.45) is 1.15. The number of hydrogen-bond acceptors (Lipinski definition) is 5. The number of alkyl carbamates (subject to hydrolysis) is 1. The van der Waals surface area contributed by atoms with Gasteiger partial charge in [-0.3, -0.25) is 9.59 Å². The summed E-state index contributed by atoms with van der Waals surface area (Å²) in [7, 11) is 0. The van der Waals surface area contributed by atoms with Crippen LogP contribution in [-0.4, -0.2) is 41.4 Å². The van der Waals surface area contributed by atoms with Crippen molar-refractivity contribution in [2.45, 2.75) is 71.4 Å². The molecule has 0 saturated heterocycles. The van der Waals surface area contributed by atoms with Crippen molar-refractivity contribution in [2.24, 2.45) is 0 Å². The minimum Gasteiger partial charge on any atom is -0.481 e. The Bertz CT molecular complexity index is 375. The zero-order chi connectivity index (χ0) is 17.2. The highest BCUT2D eigenvalue weighted by molar-refractivity contribution is 5.71. The van der Waals surface area contributed by atoms with Crippen LogP contribution in [0.15, 0.2) is 0 Å². The molecule has 22 heavy (non-hydrogen) atoms. The Morgan fingerprint density at radius 1 is 1.18 bits per heavy atom. The highest BCUT2D eigenvalue weighted by Gasteiger charge is 2.20. The number of ether oxygens (including phenoxy) is 2. The molecule has 2 N–H and O–H groups in total. The predicted molar refractivity (Wildman–Crippen MR) is 80.5 cm³/mol. The molecule has 0 aliphatic heterocycles. The second-order valence-electron chi connectivity index (χ2n) is 6.06. The van der Waals surface area contributed by atoms with Crippen molar-refractivity contribution in [3.05, 3.63) is 0 Å². The average molecular weight is 317 g/mol. The molecule has 0 rings (SSSR count). The standard InChI is InChI=1S/C15H27NO6/c1-5-7-11(16-14(20)22-15(2,3)4)10-21-13(19)9-6-8-12(17)18/h11H,5-10H2,1-4H3,(H,16,20)(H,17,18). The van der Waals surface area contributed by atoms with Crippen molar-refractivity contribution in [2.75, 3.05) is 6.61 Å². The fraction of sp³-hybridized carbons (Fsp3) is 0.800.